The molecular weight excluding hydrogens is 348 g/mol. The zero-order valence-electron chi connectivity index (χ0n) is 11.9. The fourth-order valence-electron chi connectivity index (χ4n) is 3.40. The highest BCUT2D eigenvalue weighted by molar-refractivity contribution is 7.99. The molecule has 1 unspecified atom stereocenters. The highest BCUT2D eigenvalue weighted by Crippen LogP contribution is 2.54. The molecule has 1 fully saturated rings. The maximum Gasteiger partial charge on any atom is 0.203 e. The smallest absolute Gasteiger partial charge is 0.203 e. The van der Waals surface area contributed by atoms with Crippen LogP contribution in [0.3, 0.4) is 0 Å². The summed E-state index contributed by atoms with van der Waals surface area (Å²) in [4.78, 5) is 0.939. The molecule has 3 rings (SSSR count). The third-order valence-corrected chi connectivity index (χ3v) is 6.79. The van der Waals surface area contributed by atoms with Gasteiger partial charge >= 0.3 is 0 Å². The molecule has 1 aromatic rings. The number of hydrogen-bond donors (Lipinski definition) is 1. The summed E-state index contributed by atoms with van der Waals surface area (Å²) >= 11 is 9.17. The summed E-state index contributed by atoms with van der Waals surface area (Å²) in [6.45, 7) is 0. The average molecular weight is 359 g/mol. The third-order valence-electron chi connectivity index (χ3n) is 4.46. The Kier molecular flexibility index (Phi) is 4.21. The molecule has 1 aliphatic heterocycles. The van der Waals surface area contributed by atoms with Crippen LogP contribution in [0.15, 0.2) is 23.8 Å². The SMILES string of the molecule is N#CC1C(=N)C(C#N)(C#N)C2=CCSC[C@@H]2[C@H]1c1ccc(Cl)s1. The van der Waals surface area contributed by atoms with Crippen molar-refractivity contribution in [3.8, 4) is 18.2 Å². The van der Waals surface area contributed by atoms with E-state index in [4.69, 9.17) is 17.0 Å². The van der Waals surface area contributed by atoms with Crippen LogP contribution in [0.1, 0.15) is 10.8 Å². The molecule has 2 heterocycles. The number of nitrogens with zero attached hydrogens (tertiary/aromatic N) is 3. The van der Waals surface area contributed by atoms with Gasteiger partial charge < -0.3 is 5.41 Å². The van der Waals surface area contributed by atoms with Gasteiger partial charge in [-0.15, -0.1) is 11.3 Å². The van der Waals surface area contributed by atoms with E-state index in [1.165, 1.54) is 11.3 Å². The second-order valence-corrected chi connectivity index (χ2v) is 8.29. The van der Waals surface area contributed by atoms with Crippen molar-refractivity contribution in [2.75, 3.05) is 11.5 Å². The van der Waals surface area contributed by atoms with Crippen molar-refractivity contribution >= 4 is 40.4 Å². The predicted octanol–water partition coefficient (Wildman–Crippen LogP) is 3.98. The molecule has 0 saturated heterocycles. The Balaban J connectivity index is 2.21. The molecule has 7 heteroatoms. The Labute approximate surface area is 147 Å². The van der Waals surface area contributed by atoms with Gasteiger partial charge in [0.25, 0.3) is 0 Å². The molecule has 0 amide bonds. The molecule has 0 bridgehead atoms. The number of halogens is 1. The fourth-order valence-corrected chi connectivity index (χ4v) is 5.74. The van der Waals surface area contributed by atoms with Gasteiger partial charge in [-0.05, 0) is 17.7 Å². The van der Waals surface area contributed by atoms with E-state index in [0.717, 1.165) is 16.4 Å². The predicted molar refractivity (Wildman–Crippen MR) is 91.5 cm³/mol. The van der Waals surface area contributed by atoms with Gasteiger partial charge in [-0.25, -0.2) is 0 Å². The van der Waals surface area contributed by atoms with Crippen molar-refractivity contribution < 1.29 is 0 Å². The molecule has 114 valence electrons. The van der Waals surface area contributed by atoms with Crippen molar-refractivity contribution in [2.24, 2.45) is 17.3 Å². The van der Waals surface area contributed by atoms with E-state index < -0.39 is 11.3 Å². The quantitative estimate of drug-likeness (QED) is 0.768. The Bertz CT molecular complexity index is 806. The molecule has 3 atom stereocenters. The Hall–Kier alpha value is -1.78. The standard InChI is InChI=1S/C16H11ClN4S2/c17-13-2-1-12(23-13)14-9(5-18)15(21)16(7-19,8-20)11-3-4-22-6-10(11)14/h1-3,9-10,14,21H,4,6H2/t9?,10-,14-/m0/s1. The highest BCUT2D eigenvalue weighted by atomic mass is 35.5. The minimum Gasteiger partial charge on any atom is -0.305 e. The maximum absolute atomic E-state index is 9.65. The van der Waals surface area contributed by atoms with Crippen molar-refractivity contribution in [3.05, 3.63) is 33.0 Å². The van der Waals surface area contributed by atoms with Gasteiger partial charge in [0, 0.05) is 28.2 Å². The van der Waals surface area contributed by atoms with Crippen molar-refractivity contribution in [3.63, 3.8) is 0 Å². The van der Waals surface area contributed by atoms with E-state index in [9.17, 15) is 15.8 Å². The lowest BCUT2D eigenvalue weighted by Crippen LogP contribution is -2.48. The first kappa shape index (κ1) is 16.1. The van der Waals surface area contributed by atoms with E-state index >= 15 is 0 Å². The topological polar surface area (TPSA) is 95.2 Å². The van der Waals surface area contributed by atoms with Crippen LogP contribution < -0.4 is 0 Å². The molecule has 1 aliphatic carbocycles. The van der Waals surface area contributed by atoms with E-state index in [2.05, 4.69) is 6.07 Å². The van der Waals surface area contributed by atoms with E-state index in [-0.39, 0.29) is 17.5 Å². The molecule has 1 saturated carbocycles. The monoisotopic (exact) mass is 358 g/mol. The van der Waals surface area contributed by atoms with Gasteiger partial charge in [0.05, 0.1) is 34.2 Å². The second kappa shape index (κ2) is 6.02. The first-order valence-corrected chi connectivity index (χ1v) is 9.28. The van der Waals surface area contributed by atoms with Gasteiger partial charge in [0.1, 0.15) is 0 Å². The number of thiophene rings is 1. The summed E-state index contributed by atoms with van der Waals surface area (Å²) in [5.41, 5.74) is -1.02. The molecule has 0 aromatic carbocycles. The van der Waals surface area contributed by atoms with E-state index in [1.807, 2.05) is 24.3 Å². The van der Waals surface area contributed by atoms with Crippen LogP contribution in [-0.4, -0.2) is 17.2 Å². The maximum atomic E-state index is 9.65. The second-order valence-electron chi connectivity index (χ2n) is 5.47. The normalized spacial score (nSPS) is 28.7. The fraction of sp³-hybridized carbons (Fsp3) is 0.375. The number of allylic oxidation sites excluding steroid dienone is 1. The summed E-state index contributed by atoms with van der Waals surface area (Å²) < 4.78 is 0.634. The Morgan fingerprint density at radius 1 is 1.26 bits per heavy atom. The van der Waals surface area contributed by atoms with Crippen molar-refractivity contribution in [1.29, 1.82) is 21.2 Å². The molecule has 23 heavy (non-hydrogen) atoms. The molecule has 1 aromatic heterocycles. The molecule has 1 N–H and O–H groups in total. The number of nitrogens with one attached hydrogen (secondary N) is 1. The van der Waals surface area contributed by atoms with Gasteiger partial charge in [-0.2, -0.15) is 27.5 Å². The molecule has 4 nitrogen and oxygen atoms in total. The number of thioether (sulfide) groups is 1. The van der Waals surface area contributed by atoms with Crippen LogP contribution >= 0.6 is 34.7 Å². The summed E-state index contributed by atoms with van der Waals surface area (Å²) in [5.74, 6) is 0.354. The minimum atomic E-state index is -1.61. The van der Waals surface area contributed by atoms with Crippen LogP contribution in [0.4, 0.5) is 0 Å². The van der Waals surface area contributed by atoms with Crippen molar-refractivity contribution in [2.45, 2.75) is 5.92 Å². The zero-order valence-corrected chi connectivity index (χ0v) is 14.3. The average Bonchev–Trinajstić information content (AvgIpc) is 3.00. The lowest BCUT2D eigenvalue weighted by molar-refractivity contribution is 0.417. The number of fused-ring (bicyclic) bond motifs is 1. The first-order chi connectivity index (χ1) is 11.1. The number of hydrogen-bond acceptors (Lipinski definition) is 6. The van der Waals surface area contributed by atoms with Crippen LogP contribution in [0.25, 0.3) is 0 Å². The third kappa shape index (κ3) is 2.28. The van der Waals surface area contributed by atoms with Gasteiger partial charge in [0.2, 0.25) is 5.41 Å². The summed E-state index contributed by atoms with van der Waals surface area (Å²) in [6, 6.07) is 9.88. The minimum absolute atomic E-state index is 0.0958. The largest absolute Gasteiger partial charge is 0.305 e. The van der Waals surface area contributed by atoms with E-state index in [1.54, 1.807) is 17.8 Å². The Morgan fingerprint density at radius 3 is 2.57 bits per heavy atom. The van der Waals surface area contributed by atoms with Gasteiger partial charge in [0.15, 0.2) is 0 Å². The summed E-state index contributed by atoms with van der Waals surface area (Å²) in [6.07, 6.45) is 1.90. The molecular formula is C16H11ClN4S2. The van der Waals surface area contributed by atoms with Crippen LogP contribution in [0.5, 0.6) is 0 Å². The number of rotatable bonds is 1. The van der Waals surface area contributed by atoms with Crippen molar-refractivity contribution in [1.82, 2.24) is 0 Å². The lowest BCUT2D eigenvalue weighted by Gasteiger charge is -2.44. The van der Waals surface area contributed by atoms with Crippen LogP contribution in [-0.2, 0) is 0 Å². The zero-order chi connectivity index (χ0) is 16.6. The van der Waals surface area contributed by atoms with Gasteiger partial charge in [-0.3, -0.25) is 0 Å². The molecule has 0 radical (unpaired) electrons. The van der Waals surface area contributed by atoms with Gasteiger partial charge in [-0.1, -0.05) is 17.7 Å². The first-order valence-electron chi connectivity index (χ1n) is 6.93. The summed E-state index contributed by atoms with van der Waals surface area (Å²) in [5, 5.41) is 37.3. The highest BCUT2D eigenvalue weighted by Gasteiger charge is 2.56. The van der Waals surface area contributed by atoms with E-state index in [0.29, 0.717) is 9.91 Å². The Morgan fingerprint density at radius 2 is 2.00 bits per heavy atom. The summed E-state index contributed by atoms with van der Waals surface area (Å²) in [7, 11) is 0. The molecule has 0 spiro atoms. The van der Waals surface area contributed by atoms with Crippen LogP contribution in [0.2, 0.25) is 4.34 Å². The molecule has 2 aliphatic rings. The number of nitriles is 3. The van der Waals surface area contributed by atoms with Crippen LogP contribution in [0, 0.1) is 56.7 Å². The lowest BCUT2D eigenvalue weighted by atomic mass is 9.57.